The molecule has 0 aliphatic carbocycles. The summed E-state index contributed by atoms with van der Waals surface area (Å²) in [5.74, 6) is 1.09. The zero-order chi connectivity index (χ0) is 13.5. The Morgan fingerprint density at radius 1 is 1.42 bits per heavy atom. The van der Waals surface area contributed by atoms with Crippen molar-refractivity contribution in [2.45, 2.75) is 19.8 Å². The van der Waals surface area contributed by atoms with Crippen LogP contribution in [-0.2, 0) is 6.42 Å². The molecule has 0 amide bonds. The quantitative estimate of drug-likeness (QED) is 0.814. The molecular formula is C13H18N4OS. The van der Waals surface area contributed by atoms with Gasteiger partial charge in [-0.3, -0.25) is 0 Å². The Kier molecular flexibility index (Phi) is 4.97. The van der Waals surface area contributed by atoms with Crippen LogP contribution >= 0.6 is 11.3 Å². The smallest absolute Gasteiger partial charge is 0.242 e. The number of rotatable bonds is 7. The van der Waals surface area contributed by atoms with E-state index in [0.717, 1.165) is 19.4 Å². The van der Waals surface area contributed by atoms with Crippen LogP contribution in [0.1, 0.15) is 18.2 Å². The lowest BCUT2D eigenvalue weighted by molar-refractivity contribution is 0.306. The van der Waals surface area contributed by atoms with Gasteiger partial charge in [0.15, 0.2) is 5.82 Å². The Morgan fingerprint density at radius 3 is 3.05 bits per heavy atom. The largest absolute Gasteiger partial charge is 0.476 e. The highest BCUT2D eigenvalue weighted by atomic mass is 32.1. The minimum atomic E-state index is 0.454. The highest BCUT2D eigenvalue weighted by Crippen LogP contribution is 2.24. The van der Waals surface area contributed by atoms with Gasteiger partial charge in [0.25, 0.3) is 0 Å². The fourth-order valence-electron chi connectivity index (χ4n) is 1.59. The Bertz CT molecular complexity index is 501. The molecule has 19 heavy (non-hydrogen) atoms. The third-order valence-electron chi connectivity index (χ3n) is 2.53. The minimum absolute atomic E-state index is 0.454. The molecule has 0 saturated carbocycles. The van der Waals surface area contributed by atoms with Gasteiger partial charge in [0, 0.05) is 11.4 Å². The first kappa shape index (κ1) is 13.6. The van der Waals surface area contributed by atoms with Crippen LogP contribution in [-0.4, -0.2) is 23.1 Å². The maximum atomic E-state index is 5.97. The Morgan fingerprint density at radius 2 is 2.32 bits per heavy atom. The van der Waals surface area contributed by atoms with E-state index in [2.05, 4.69) is 32.8 Å². The number of nitrogens with zero attached hydrogens (tertiary/aromatic N) is 2. The molecule has 0 bridgehead atoms. The van der Waals surface area contributed by atoms with Gasteiger partial charge in [0.2, 0.25) is 5.88 Å². The van der Waals surface area contributed by atoms with Crippen LogP contribution in [0.4, 0.5) is 11.5 Å². The van der Waals surface area contributed by atoms with Crippen molar-refractivity contribution in [3.8, 4) is 5.88 Å². The summed E-state index contributed by atoms with van der Waals surface area (Å²) in [5, 5.41) is 5.29. The second-order valence-electron chi connectivity index (χ2n) is 4.05. The maximum absolute atomic E-state index is 5.97. The summed E-state index contributed by atoms with van der Waals surface area (Å²) in [6.45, 7) is 3.43. The molecule has 0 unspecified atom stereocenters. The summed E-state index contributed by atoms with van der Waals surface area (Å²) < 4.78 is 5.46. The molecule has 0 spiro atoms. The lowest BCUT2D eigenvalue weighted by atomic mass is 10.3. The minimum Gasteiger partial charge on any atom is -0.476 e. The maximum Gasteiger partial charge on any atom is 0.242 e. The van der Waals surface area contributed by atoms with E-state index < -0.39 is 0 Å². The van der Waals surface area contributed by atoms with Crippen molar-refractivity contribution in [1.82, 2.24) is 9.97 Å². The predicted octanol–water partition coefficient (Wildman–Crippen LogP) is 2.56. The first-order valence-corrected chi connectivity index (χ1v) is 7.18. The van der Waals surface area contributed by atoms with Gasteiger partial charge >= 0.3 is 0 Å². The second-order valence-corrected chi connectivity index (χ2v) is 5.08. The van der Waals surface area contributed by atoms with Crippen molar-refractivity contribution in [2.75, 3.05) is 24.2 Å². The van der Waals surface area contributed by atoms with Crippen molar-refractivity contribution in [3.63, 3.8) is 0 Å². The van der Waals surface area contributed by atoms with E-state index in [9.17, 15) is 0 Å². The van der Waals surface area contributed by atoms with E-state index >= 15 is 0 Å². The molecule has 2 rings (SSSR count). The van der Waals surface area contributed by atoms with Crippen LogP contribution in [0.15, 0.2) is 23.8 Å². The van der Waals surface area contributed by atoms with Crippen LogP contribution in [0.25, 0.3) is 0 Å². The lowest BCUT2D eigenvalue weighted by Crippen LogP contribution is -2.10. The molecule has 0 fully saturated rings. The van der Waals surface area contributed by atoms with Gasteiger partial charge in [0.05, 0.1) is 6.61 Å². The second kappa shape index (κ2) is 6.94. The van der Waals surface area contributed by atoms with Gasteiger partial charge in [-0.2, -0.15) is 4.98 Å². The average molecular weight is 278 g/mol. The van der Waals surface area contributed by atoms with Gasteiger partial charge in [0.1, 0.15) is 12.0 Å². The van der Waals surface area contributed by atoms with Crippen molar-refractivity contribution in [3.05, 3.63) is 28.7 Å². The van der Waals surface area contributed by atoms with Gasteiger partial charge in [-0.15, -0.1) is 11.3 Å². The summed E-state index contributed by atoms with van der Waals surface area (Å²) >= 11 is 1.75. The van der Waals surface area contributed by atoms with Crippen LogP contribution in [0.3, 0.4) is 0 Å². The third kappa shape index (κ3) is 3.82. The molecule has 102 valence electrons. The van der Waals surface area contributed by atoms with Gasteiger partial charge < -0.3 is 15.8 Å². The molecule has 0 aliphatic heterocycles. The third-order valence-corrected chi connectivity index (χ3v) is 3.47. The van der Waals surface area contributed by atoms with Crippen molar-refractivity contribution in [1.29, 1.82) is 0 Å². The van der Waals surface area contributed by atoms with Gasteiger partial charge in [-0.25, -0.2) is 4.98 Å². The van der Waals surface area contributed by atoms with Crippen molar-refractivity contribution < 1.29 is 4.74 Å². The fraction of sp³-hybridized carbons (Fsp3) is 0.385. The molecule has 0 saturated heterocycles. The number of thiophene rings is 1. The van der Waals surface area contributed by atoms with Crippen LogP contribution in [0.5, 0.6) is 5.88 Å². The van der Waals surface area contributed by atoms with E-state index in [1.54, 1.807) is 11.3 Å². The Labute approximate surface area is 116 Å². The first-order valence-electron chi connectivity index (χ1n) is 6.30. The summed E-state index contributed by atoms with van der Waals surface area (Å²) in [6, 6.07) is 4.17. The fourth-order valence-corrected chi connectivity index (χ4v) is 2.30. The average Bonchev–Trinajstić information content (AvgIpc) is 2.92. The summed E-state index contributed by atoms with van der Waals surface area (Å²) in [7, 11) is 0. The molecule has 0 radical (unpaired) electrons. The predicted molar refractivity (Wildman–Crippen MR) is 78.7 cm³/mol. The Balaban J connectivity index is 1.92. The van der Waals surface area contributed by atoms with Gasteiger partial charge in [-0.05, 0) is 24.3 Å². The first-order chi connectivity index (χ1) is 9.31. The number of nitrogens with two attached hydrogens (primary N) is 1. The number of anilines is 2. The molecule has 2 aromatic heterocycles. The highest BCUT2D eigenvalue weighted by molar-refractivity contribution is 7.09. The van der Waals surface area contributed by atoms with Crippen molar-refractivity contribution >= 4 is 22.8 Å². The summed E-state index contributed by atoms with van der Waals surface area (Å²) in [4.78, 5) is 9.52. The zero-order valence-electron chi connectivity index (χ0n) is 10.9. The van der Waals surface area contributed by atoms with E-state index in [0.29, 0.717) is 24.0 Å². The Hall–Kier alpha value is -1.82. The highest BCUT2D eigenvalue weighted by Gasteiger charge is 2.08. The van der Waals surface area contributed by atoms with Crippen LogP contribution < -0.4 is 15.8 Å². The van der Waals surface area contributed by atoms with E-state index in [1.807, 2.05) is 6.92 Å². The normalized spacial score (nSPS) is 10.4. The number of nitrogen functional groups attached to an aromatic ring is 1. The van der Waals surface area contributed by atoms with Crippen LogP contribution in [0, 0.1) is 0 Å². The standard InChI is InChI=1S/C13H18N4OS/c1-2-7-18-13-11(14)12(16-9-17-13)15-6-5-10-4-3-8-19-10/h3-4,8-9H,2,5-7,14H2,1H3,(H,15,16,17). The number of nitrogens with one attached hydrogen (secondary N) is 1. The van der Waals surface area contributed by atoms with E-state index in [4.69, 9.17) is 10.5 Å². The number of aromatic nitrogens is 2. The van der Waals surface area contributed by atoms with Crippen LogP contribution in [0.2, 0.25) is 0 Å². The van der Waals surface area contributed by atoms with E-state index in [-0.39, 0.29) is 0 Å². The molecule has 6 heteroatoms. The van der Waals surface area contributed by atoms with Crippen molar-refractivity contribution in [2.24, 2.45) is 0 Å². The summed E-state index contributed by atoms with van der Waals surface area (Å²) in [6.07, 6.45) is 3.34. The molecule has 3 N–H and O–H groups in total. The molecule has 5 nitrogen and oxygen atoms in total. The molecule has 0 aliphatic rings. The van der Waals surface area contributed by atoms with Gasteiger partial charge in [-0.1, -0.05) is 13.0 Å². The number of ether oxygens (including phenoxy) is 1. The number of hydrogen-bond donors (Lipinski definition) is 2. The molecular weight excluding hydrogens is 260 g/mol. The molecule has 2 heterocycles. The monoisotopic (exact) mass is 278 g/mol. The SMILES string of the molecule is CCCOc1ncnc(NCCc2cccs2)c1N. The lowest BCUT2D eigenvalue weighted by Gasteiger charge is -2.11. The summed E-state index contributed by atoms with van der Waals surface area (Å²) in [5.41, 5.74) is 6.45. The zero-order valence-corrected chi connectivity index (χ0v) is 11.7. The van der Waals surface area contributed by atoms with E-state index in [1.165, 1.54) is 11.2 Å². The topological polar surface area (TPSA) is 73.1 Å². The molecule has 0 aromatic carbocycles. The molecule has 2 aromatic rings. The molecule has 0 atom stereocenters. The number of hydrogen-bond acceptors (Lipinski definition) is 6.